The van der Waals surface area contributed by atoms with Crippen LogP contribution in [0.4, 0.5) is 0 Å². The van der Waals surface area contributed by atoms with Crippen LogP contribution in [0.1, 0.15) is 0 Å². The normalized spacial score (nSPS) is 12.3. The molecule has 0 bridgehead atoms. The zero-order valence-corrected chi connectivity index (χ0v) is 15.1. The lowest BCUT2D eigenvalue weighted by Crippen LogP contribution is -1.75. The van der Waals surface area contributed by atoms with E-state index in [1.807, 2.05) is 0 Å². The molecule has 28 heavy (non-hydrogen) atoms. The summed E-state index contributed by atoms with van der Waals surface area (Å²) in [6, 6.07) is 30.6. The van der Waals surface area contributed by atoms with Gasteiger partial charge < -0.3 is 9.97 Å². The molecule has 130 valence electrons. The molecule has 0 aliphatic rings. The highest BCUT2D eigenvalue weighted by atomic mass is 14.7. The number of hydrogen-bond acceptors (Lipinski definition) is 0. The summed E-state index contributed by atoms with van der Waals surface area (Å²) < 4.78 is 0. The van der Waals surface area contributed by atoms with Gasteiger partial charge in [0.25, 0.3) is 0 Å². The fourth-order valence-corrected chi connectivity index (χ4v) is 4.84. The molecule has 0 spiro atoms. The summed E-state index contributed by atoms with van der Waals surface area (Å²) in [6.07, 6.45) is 0. The molecule has 7 rings (SSSR count). The Morgan fingerprint density at radius 1 is 0.393 bits per heavy atom. The Kier molecular flexibility index (Phi) is 2.52. The molecule has 2 aromatic heterocycles. The average molecular weight is 356 g/mol. The van der Waals surface area contributed by atoms with E-state index in [4.69, 9.17) is 0 Å². The number of nitrogens with one attached hydrogen (secondary N) is 2. The summed E-state index contributed by atoms with van der Waals surface area (Å²) in [7, 11) is 0. The van der Waals surface area contributed by atoms with Crippen LogP contribution in [0.2, 0.25) is 0 Å². The first-order valence-electron chi connectivity index (χ1n) is 9.63. The van der Waals surface area contributed by atoms with Gasteiger partial charge in [-0.05, 0) is 45.8 Å². The van der Waals surface area contributed by atoms with Gasteiger partial charge >= 0.3 is 0 Å². The molecule has 0 aliphatic heterocycles. The molecule has 0 radical (unpaired) electrons. The highest BCUT2D eigenvalue weighted by molar-refractivity contribution is 6.26. The quantitative estimate of drug-likeness (QED) is 0.286. The molecule has 2 heteroatoms. The number of rotatable bonds is 0. The van der Waals surface area contributed by atoms with E-state index in [0.717, 1.165) is 0 Å². The first-order chi connectivity index (χ1) is 13.9. The summed E-state index contributed by atoms with van der Waals surface area (Å²) in [4.78, 5) is 7.30. The van der Waals surface area contributed by atoms with Crippen molar-refractivity contribution in [3.63, 3.8) is 0 Å². The lowest BCUT2D eigenvalue weighted by Gasteiger charge is -2.01. The van der Waals surface area contributed by atoms with Crippen LogP contribution < -0.4 is 0 Å². The Labute approximate surface area is 160 Å². The second-order valence-corrected chi connectivity index (χ2v) is 7.61. The van der Waals surface area contributed by atoms with Crippen molar-refractivity contribution in [1.82, 2.24) is 9.97 Å². The molecule has 0 aliphatic carbocycles. The fraction of sp³-hybridized carbons (Fsp3) is 0. The third-order valence-electron chi connectivity index (χ3n) is 6.09. The van der Waals surface area contributed by atoms with E-state index in [0.29, 0.717) is 0 Å². The third-order valence-corrected chi connectivity index (χ3v) is 6.09. The molecule has 2 nitrogen and oxygen atoms in total. The molecule has 0 saturated heterocycles. The molecule has 0 saturated carbocycles. The topological polar surface area (TPSA) is 31.6 Å². The summed E-state index contributed by atoms with van der Waals surface area (Å²) in [6.45, 7) is 0. The van der Waals surface area contributed by atoms with Crippen molar-refractivity contribution in [1.29, 1.82) is 0 Å². The smallest absolute Gasteiger partial charge is 0.0472 e. The molecule has 2 heterocycles. The van der Waals surface area contributed by atoms with Crippen molar-refractivity contribution in [2.45, 2.75) is 0 Å². The van der Waals surface area contributed by atoms with Crippen LogP contribution in [-0.2, 0) is 0 Å². The van der Waals surface area contributed by atoms with E-state index >= 15 is 0 Å². The van der Waals surface area contributed by atoms with Gasteiger partial charge in [-0.1, -0.05) is 60.7 Å². The maximum Gasteiger partial charge on any atom is 0.0472 e. The minimum Gasteiger partial charge on any atom is -0.354 e. The Morgan fingerprint density at radius 3 is 1.36 bits per heavy atom. The minimum atomic E-state index is 1.19. The van der Waals surface area contributed by atoms with E-state index in [9.17, 15) is 0 Å². The predicted octanol–water partition coefficient (Wildman–Crippen LogP) is 7.26. The van der Waals surface area contributed by atoms with E-state index < -0.39 is 0 Å². The molecule has 7 aromatic rings. The zero-order valence-electron chi connectivity index (χ0n) is 15.1. The first-order valence-corrected chi connectivity index (χ1v) is 9.63. The van der Waals surface area contributed by atoms with Crippen LogP contribution in [-0.4, -0.2) is 9.97 Å². The summed E-state index contributed by atoms with van der Waals surface area (Å²) in [5.41, 5.74) is 4.76. The van der Waals surface area contributed by atoms with Gasteiger partial charge in [0.05, 0.1) is 0 Å². The van der Waals surface area contributed by atoms with Crippen LogP contribution in [0.15, 0.2) is 84.9 Å². The zero-order chi connectivity index (χ0) is 18.2. The van der Waals surface area contributed by atoms with Crippen molar-refractivity contribution >= 4 is 65.2 Å². The number of hydrogen-bond donors (Lipinski definition) is 2. The van der Waals surface area contributed by atoms with Gasteiger partial charge in [0.2, 0.25) is 0 Å². The monoisotopic (exact) mass is 356 g/mol. The molecule has 2 N–H and O–H groups in total. The highest BCUT2D eigenvalue weighted by Gasteiger charge is 2.13. The van der Waals surface area contributed by atoms with Gasteiger partial charge in [0.1, 0.15) is 0 Å². The second-order valence-electron chi connectivity index (χ2n) is 7.61. The molecular formula is C26H16N2. The summed E-state index contributed by atoms with van der Waals surface area (Å²) in [5, 5.41) is 10.3. The van der Waals surface area contributed by atoms with E-state index in [-0.39, 0.29) is 0 Å². The standard InChI is InChI=1S/C26H16N2/c1-3-7-17-15(5-1)9-11-21-25(17)19-13-24-20(14-23(19)27-21)26-18-8-4-2-6-16(18)10-12-22(26)28-24/h1-14,27-28H. The van der Waals surface area contributed by atoms with Crippen LogP contribution in [0.25, 0.3) is 65.2 Å². The maximum atomic E-state index is 3.65. The van der Waals surface area contributed by atoms with Gasteiger partial charge in [0.15, 0.2) is 0 Å². The van der Waals surface area contributed by atoms with Crippen molar-refractivity contribution in [3.05, 3.63) is 84.9 Å². The molecule has 0 atom stereocenters. The lowest BCUT2D eigenvalue weighted by atomic mass is 10.0. The van der Waals surface area contributed by atoms with E-state index in [2.05, 4.69) is 94.9 Å². The first kappa shape index (κ1) is 14.3. The Morgan fingerprint density at radius 2 is 0.857 bits per heavy atom. The van der Waals surface area contributed by atoms with Crippen LogP contribution in [0.3, 0.4) is 0 Å². The maximum absolute atomic E-state index is 3.65. The SMILES string of the molecule is c1ccc2c(c1)ccc1[nH]c3cc4c(cc3c12)[nH]c1ccc2ccccc2c14. The predicted molar refractivity (Wildman–Crippen MR) is 120 cm³/mol. The average Bonchev–Trinajstić information content (AvgIpc) is 3.29. The van der Waals surface area contributed by atoms with Crippen LogP contribution in [0, 0.1) is 0 Å². The van der Waals surface area contributed by atoms with Crippen molar-refractivity contribution < 1.29 is 0 Å². The van der Waals surface area contributed by atoms with Crippen LogP contribution in [0.5, 0.6) is 0 Å². The van der Waals surface area contributed by atoms with Gasteiger partial charge in [-0.25, -0.2) is 0 Å². The Hall–Kier alpha value is -3.78. The lowest BCUT2D eigenvalue weighted by molar-refractivity contribution is 1.54. The summed E-state index contributed by atoms with van der Waals surface area (Å²) in [5.74, 6) is 0. The van der Waals surface area contributed by atoms with Crippen molar-refractivity contribution in [2.75, 3.05) is 0 Å². The Balaban J connectivity index is 1.71. The van der Waals surface area contributed by atoms with Crippen molar-refractivity contribution in [2.24, 2.45) is 0 Å². The van der Waals surface area contributed by atoms with E-state index in [1.165, 1.54) is 65.2 Å². The molecule has 0 unspecified atom stereocenters. The molecule has 0 amide bonds. The molecular weight excluding hydrogens is 340 g/mol. The number of fused-ring (bicyclic) bond motifs is 10. The number of aromatic amines is 2. The van der Waals surface area contributed by atoms with Gasteiger partial charge in [-0.3, -0.25) is 0 Å². The van der Waals surface area contributed by atoms with Gasteiger partial charge in [0, 0.05) is 43.6 Å². The molecule has 0 fully saturated rings. The third kappa shape index (κ3) is 1.72. The van der Waals surface area contributed by atoms with Crippen LogP contribution >= 0.6 is 0 Å². The van der Waals surface area contributed by atoms with E-state index in [1.54, 1.807) is 0 Å². The number of benzene rings is 5. The number of aromatic nitrogens is 2. The summed E-state index contributed by atoms with van der Waals surface area (Å²) >= 11 is 0. The molecule has 5 aromatic carbocycles. The Bertz CT molecular complexity index is 1580. The van der Waals surface area contributed by atoms with Crippen molar-refractivity contribution in [3.8, 4) is 0 Å². The fourth-order valence-electron chi connectivity index (χ4n) is 4.84. The largest absolute Gasteiger partial charge is 0.354 e. The second kappa shape index (κ2) is 4.93. The highest BCUT2D eigenvalue weighted by Crippen LogP contribution is 2.38. The van der Waals surface area contributed by atoms with Gasteiger partial charge in [-0.2, -0.15) is 0 Å². The van der Waals surface area contributed by atoms with Gasteiger partial charge in [-0.15, -0.1) is 0 Å². The number of H-pyrrole nitrogens is 2. The minimum absolute atomic E-state index is 1.19.